The van der Waals surface area contributed by atoms with Crippen LogP contribution < -0.4 is 0 Å². The summed E-state index contributed by atoms with van der Waals surface area (Å²) in [4.78, 5) is 0. The van der Waals surface area contributed by atoms with Crippen LogP contribution in [0.2, 0.25) is 0 Å². The lowest BCUT2D eigenvalue weighted by Gasteiger charge is -1.88. The van der Waals surface area contributed by atoms with Gasteiger partial charge < -0.3 is 10.2 Å². The first kappa shape index (κ1) is 12.0. The van der Waals surface area contributed by atoms with Gasteiger partial charge in [0.25, 0.3) is 0 Å². The predicted molar refractivity (Wildman–Crippen MR) is 47.2 cm³/mol. The fraction of sp³-hybridized carbons (Fsp3) is 0. The second kappa shape index (κ2) is 4.90. The average molecular weight is 227 g/mol. The summed E-state index contributed by atoms with van der Waals surface area (Å²) >= 11 is 0. The Morgan fingerprint density at radius 2 is 1.15 bits per heavy atom. The van der Waals surface area contributed by atoms with Gasteiger partial charge >= 0.3 is 9.33 Å². The first-order chi connectivity index (χ1) is 5.79. The first-order valence-electron chi connectivity index (χ1n) is 2.94. The SMILES string of the molecule is O=S(=O)(O)Cl.Oc1ccc(O)cc1. The van der Waals surface area contributed by atoms with E-state index >= 15 is 0 Å². The number of benzene rings is 1. The number of phenolic OH excluding ortho intramolecular Hbond substituents is 2. The molecule has 74 valence electrons. The summed E-state index contributed by atoms with van der Waals surface area (Å²) in [5.41, 5.74) is 0. The predicted octanol–water partition coefficient (Wildman–Crippen LogP) is 1.13. The fourth-order valence-electron chi connectivity index (χ4n) is 0.453. The minimum absolute atomic E-state index is 0.169. The lowest BCUT2D eigenvalue weighted by molar-refractivity contribution is 0.460. The number of aromatic hydroxyl groups is 2. The zero-order valence-corrected chi connectivity index (χ0v) is 7.83. The van der Waals surface area contributed by atoms with Crippen molar-refractivity contribution in [3.05, 3.63) is 24.3 Å². The molecular formula is C6H7ClO5S. The van der Waals surface area contributed by atoms with E-state index in [4.69, 9.17) is 23.2 Å². The van der Waals surface area contributed by atoms with Gasteiger partial charge in [0.15, 0.2) is 0 Å². The van der Waals surface area contributed by atoms with Crippen molar-refractivity contribution in [1.82, 2.24) is 0 Å². The summed E-state index contributed by atoms with van der Waals surface area (Å²) < 4.78 is 25.2. The van der Waals surface area contributed by atoms with Crippen LogP contribution in [-0.4, -0.2) is 23.2 Å². The molecule has 3 N–H and O–H groups in total. The van der Waals surface area contributed by atoms with Crippen molar-refractivity contribution in [3.63, 3.8) is 0 Å². The molecule has 0 saturated carbocycles. The van der Waals surface area contributed by atoms with Gasteiger partial charge in [0, 0.05) is 10.7 Å². The lowest BCUT2D eigenvalue weighted by Crippen LogP contribution is -1.77. The Hall–Kier alpha value is -0.980. The maximum Gasteiger partial charge on any atom is 0.353 e. The maximum absolute atomic E-state index is 8.95. The summed E-state index contributed by atoms with van der Waals surface area (Å²) in [5.74, 6) is 0.339. The zero-order valence-electron chi connectivity index (χ0n) is 6.25. The Bertz CT molecular complexity index is 315. The largest absolute Gasteiger partial charge is 0.508 e. The van der Waals surface area contributed by atoms with Crippen LogP contribution >= 0.6 is 10.7 Å². The molecule has 0 spiro atoms. The van der Waals surface area contributed by atoms with Gasteiger partial charge in [-0.2, -0.15) is 8.42 Å². The topological polar surface area (TPSA) is 94.8 Å². The fourth-order valence-corrected chi connectivity index (χ4v) is 0.453. The molecule has 7 heteroatoms. The molecule has 0 aliphatic rings. The average Bonchev–Trinajstić information content (AvgIpc) is 1.92. The van der Waals surface area contributed by atoms with E-state index in [1.165, 1.54) is 24.3 Å². The summed E-state index contributed by atoms with van der Waals surface area (Å²) in [6.07, 6.45) is 0. The molecule has 0 atom stereocenters. The van der Waals surface area contributed by atoms with Crippen LogP contribution in [0.4, 0.5) is 0 Å². The molecule has 1 rings (SSSR count). The molecule has 0 fully saturated rings. The normalized spacial score (nSPS) is 10.0. The number of rotatable bonds is 0. The molecule has 0 heterocycles. The number of halogens is 1. The molecule has 1 aromatic carbocycles. The van der Waals surface area contributed by atoms with Crippen LogP contribution in [0.5, 0.6) is 11.5 Å². The Labute approximate surface area is 79.5 Å². The summed E-state index contributed by atoms with van der Waals surface area (Å²) in [5, 5.41) is 17.3. The molecule has 0 radical (unpaired) electrons. The first-order valence-corrected chi connectivity index (χ1v) is 5.21. The molecule has 0 bridgehead atoms. The highest BCUT2D eigenvalue weighted by Crippen LogP contribution is 2.13. The summed E-state index contributed by atoms with van der Waals surface area (Å²) in [6, 6.07) is 5.70. The van der Waals surface area contributed by atoms with Gasteiger partial charge in [-0.25, -0.2) is 0 Å². The van der Waals surface area contributed by atoms with E-state index in [9.17, 15) is 0 Å². The van der Waals surface area contributed by atoms with Crippen molar-refractivity contribution in [3.8, 4) is 11.5 Å². The van der Waals surface area contributed by atoms with Crippen molar-refractivity contribution in [2.24, 2.45) is 0 Å². The second-order valence-electron chi connectivity index (χ2n) is 1.93. The van der Waals surface area contributed by atoms with E-state index < -0.39 is 9.33 Å². The van der Waals surface area contributed by atoms with Crippen LogP contribution in [0, 0.1) is 0 Å². The molecule has 1 aromatic rings. The lowest BCUT2D eigenvalue weighted by atomic mass is 10.3. The Kier molecular flexibility index (Phi) is 4.53. The molecule has 0 aromatic heterocycles. The summed E-state index contributed by atoms with van der Waals surface area (Å²) in [7, 11) is -0.137. The van der Waals surface area contributed by atoms with E-state index in [0.717, 1.165) is 0 Å². The molecule has 13 heavy (non-hydrogen) atoms. The van der Waals surface area contributed by atoms with Crippen molar-refractivity contribution in [2.45, 2.75) is 0 Å². The third kappa shape index (κ3) is 11.0. The highest BCUT2D eigenvalue weighted by molar-refractivity contribution is 8.09. The van der Waals surface area contributed by atoms with E-state index in [0.29, 0.717) is 0 Å². The van der Waals surface area contributed by atoms with Crippen molar-refractivity contribution in [2.75, 3.05) is 0 Å². The maximum atomic E-state index is 8.95. The molecule has 0 amide bonds. The monoisotopic (exact) mass is 226 g/mol. The Balaban J connectivity index is 0.000000252. The molecule has 5 nitrogen and oxygen atoms in total. The third-order valence-electron chi connectivity index (χ3n) is 0.850. The van der Waals surface area contributed by atoms with E-state index in [1.54, 1.807) is 0 Å². The minimum Gasteiger partial charge on any atom is -0.508 e. The Morgan fingerprint density at radius 3 is 1.31 bits per heavy atom. The number of hydrogen-bond acceptors (Lipinski definition) is 4. The smallest absolute Gasteiger partial charge is 0.353 e. The highest BCUT2D eigenvalue weighted by atomic mass is 35.7. The Morgan fingerprint density at radius 1 is 1.00 bits per heavy atom. The van der Waals surface area contributed by atoms with Gasteiger partial charge in [-0.1, -0.05) is 0 Å². The quantitative estimate of drug-likeness (QED) is 0.350. The molecule has 0 unspecified atom stereocenters. The van der Waals surface area contributed by atoms with Crippen LogP contribution in [0.1, 0.15) is 0 Å². The van der Waals surface area contributed by atoms with E-state index in [2.05, 4.69) is 10.7 Å². The van der Waals surface area contributed by atoms with Gasteiger partial charge in [-0.15, -0.1) is 0 Å². The van der Waals surface area contributed by atoms with Gasteiger partial charge in [0.1, 0.15) is 11.5 Å². The van der Waals surface area contributed by atoms with Crippen molar-refractivity contribution in [1.29, 1.82) is 0 Å². The molecule has 0 saturated heterocycles. The number of hydrogen-bond donors (Lipinski definition) is 3. The van der Waals surface area contributed by atoms with Crippen LogP contribution in [0.15, 0.2) is 24.3 Å². The highest BCUT2D eigenvalue weighted by Gasteiger charge is 1.86. The van der Waals surface area contributed by atoms with Crippen LogP contribution in [0.3, 0.4) is 0 Å². The molecule has 0 aliphatic heterocycles. The van der Waals surface area contributed by atoms with Gasteiger partial charge in [0.2, 0.25) is 0 Å². The van der Waals surface area contributed by atoms with Crippen LogP contribution in [-0.2, 0) is 9.33 Å². The van der Waals surface area contributed by atoms with Crippen molar-refractivity contribution >= 4 is 20.0 Å². The number of phenols is 2. The molecular weight excluding hydrogens is 220 g/mol. The minimum atomic E-state index is -4.19. The van der Waals surface area contributed by atoms with Crippen molar-refractivity contribution < 1.29 is 23.2 Å². The summed E-state index contributed by atoms with van der Waals surface area (Å²) in [6.45, 7) is 0. The standard InChI is InChI=1S/C6H6O2.ClHO3S/c7-5-1-2-6(8)4-3-5;1-5(2,3)4/h1-4,7-8H;(H,2,3,4). The van der Waals surface area contributed by atoms with Gasteiger partial charge in [-0.3, -0.25) is 4.55 Å². The van der Waals surface area contributed by atoms with E-state index in [1.807, 2.05) is 0 Å². The second-order valence-corrected chi connectivity index (χ2v) is 3.92. The molecule has 0 aliphatic carbocycles. The zero-order chi connectivity index (χ0) is 10.5. The van der Waals surface area contributed by atoms with Gasteiger partial charge in [0.05, 0.1) is 0 Å². The third-order valence-corrected chi connectivity index (χ3v) is 0.850. The van der Waals surface area contributed by atoms with E-state index in [-0.39, 0.29) is 11.5 Å². The van der Waals surface area contributed by atoms with Gasteiger partial charge in [-0.05, 0) is 24.3 Å². The van der Waals surface area contributed by atoms with Crippen LogP contribution in [0.25, 0.3) is 0 Å².